The normalized spacial score (nSPS) is 12.7. The van der Waals surface area contributed by atoms with Gasteiger partial charge < -0.3 is 5.73 Å². The Morgan fingerprint density at radius 2 is 2.06 bits per heavy atom. The molecule has 1 atom stereocenters. The first-order chi connectivity index (χ1) is 8.59. The Kier molecular flexibility index (Phi) is 4.09. The fraction of sp³-hybridized carbons (Fsp3) is 0.286. The van der Waals surface area contributed by atoms with Crippen LogP contribution < -0.4 is 5.73 Å². The van der Waals surface area contributed by atoms with Crippen molar-refractivity contribution in [3.05, 3.63) is 57.3 Å². The van der Waals surface area contributed by atoms with E-state index in [1.54, 1.807) is 18.3 Å². The van der Waals surface area contributed by atoms with E-state index in [2.05, 4.69) is 0 Å². The average molecular weight is 267 g/mol. The zero-order valence-electron chi connectivity index (χ0n) is 10.1. The van der Waals surface area contributed by atoms with Gasteiger partial charge in [-0.25, -0.2) is 8.78 Å². The second-order valence-electron chi connectivity index (χ2n) is 4.37. The Morgan fingerprint density at radius 3 is 2.72 bits per heavy atom. The minimum atomic E-state index is -0.607. The third-order valence-corrected chi connectivity index (χ3v) is 3.75. The van der Waals surface area contributed by atoms with Crippen molar-refractivity contribution in [1.29, 1.82) is 0 Å². The maximum absolute atomic E-state index is 13.9. The molecule has 1 unspecified atom stereocenters. The Bertz CT molecular complexity index is 523. The van der Waals surface area contributed by atoms with Gasteiger partial charge in [0, 0.05) is 11.6 Å². The Hall–Kier alpha value is -1.26. The van der Waals surface area contributed by atoms with Gasteiger partial charge in [-0.15, -0.1) is 0 Å². The van der Waals surface area contributed by atoms with Crippen molar-refractivity contribution in [1.82, 2.24) is 0 Å². The molecule has 2 aromatic rings. The smallest absolute Gasteiger partial charge is 0.133 e. The summed E-state index contributed by atoms with van der Waals surface area (Å²) in [5.41, 5.74) is 7.49. The number of aryl methyl sites for hydroxylation is 2. The Labute approximate surface area is 109 Å². The molecule has 4 heteroatoms. The van der Waals surface area contributed by atoms with Crippen molar-refractivity contribution < 1.29 is 8.78 Å². The molecule has 0 amide bonds. The molecule has 0 saturated carbocycles. The van der Waals surface area contributed by atoms with Gasteiger partial charge in [0.1, 0.15) is 11.6 Å². The van der Waals surface area contributed by atoms with Crippen LogP contribution in [-0.2, 0) is 6.42 Å². The van der Waals surface area contributed by atoms with E-state index in [0.717, 1.165) is 12.0 Å². The number of nitrogens with two attached hydrogens (primary N) is 1. The highest BCUT2D eigenvalue weighted by atomic mass is 32.1. The molecule has 1 heterocycles. The van der Waals surface area contributed by atoms with E-state index in [1.807, 2.05) is 16.8 Å². The summed E-state index contributed by atoms with van der Waals surface area (Å²) in [6, 6.07) is 4.10. The van der Waals surface area contributed by atoms with E-state index in [9.17, 15) is 8.78 Å². The molecule has 1 nitrogen and oxygen atoms in total. The summed E-state index contributed by atoms with van der Waals surface area (Å²) in [5.74, 6) is -1.08. The molecule has 0 spiro atoms. The topological polar surface area (TPSA) is 26.0 Å². The lowest BCUT2D eigenvalue weighted by Crippen LogP contribution is -2.15. The average Bonchev–Trinajstić information content (AvgIpc) is 2.85. The summed E-state index contributed by atoms with van der Waals surface area (Å²) in [7, 11) is 0. The number of halogens is 2. The van der Waals surface area contributed by atoms with Gasteiger partial charge in [-0.3, -0.25) is 0 Å². The Balaban J connectivity index is 2.13. The van der Waals surface area contributed by atoms with Crippen molar-refractivity contribution >= 4 is 11.3 Å². The van der Waals surface area contributed by atoms with Crippen molar-refractivity contribution in [2.24, 2.45) is 5.73 Å². The van der Waals surface area contributed by atoms with Gasteiger partial charge in [0.15, 0.2) is 0 Å². The second kappa shape index (κ2) is 5.59. The van der Waals surface area contributed by atoms with Crippen LogP contribution in [0.4, 0.5) is 8.78 Å². The minimum Gasteiger partial charge on any atom is -0.324 e. The first-order valence-corrected chi connectivity index (χ1v) is 6.75. The molecule has 0 aliphatic heterocycles. The quantitative estimate of drug-likeness (QED) is 0.891. The number of hydrogen-bond donors (Lipinski definition) is 1. The molecule has 1 aromatic carbocycles. The molecule has 0 aliphatic rings. The van der Waals surface area contributed by atoms with Gasteiger partial charge in [0.05, 0.1) is 0 Å². The van der Waals surface area contributed by atoms with Crippen LogP contribution in [0, 0.1) is 18.6 Å². The lowest BCUT2D eigenvalue weighted by atomic mass is 9.98. The Morgan fingerprint density at radius 1 is 1.28 bits per heavy atom. The van der Waals surface area contributed by atoms with Gasteiger partial charge in [-0.1, -0.05) is 6.07 Å². The van der Waals surface area contributed by atoms with Crippen LogP contribution in [0.5, 0.6) is 0 Å². The summed E-state index contributed by atoms with van der Waals surface area (Å²) < 4.78 is 27.5. The van der Waals surface area contributed by atoms with E-state index in [1.165, 1.54) is 12.1 Å². The van der Waals surface area contributed by atoms with E-state index >= 15 is 0 Å². The van der Waals surface area contributed by atoms with E-state index in [4.69, 9.17) is 5.73 Å². The predicted octanol–water partition coefficient (Wildman–Crippen LogP) is 3.97. The highest BCUT2D eigenvalue weighted by Crippen LogP contribution is 2.25. The lowest BCUT2D eigenvalue weighted by molar-refractivity contribution is 0.508. The van der Waals surface area contributed by atoms with Gasteiger partial charge in [-0.2, -0.15) is 11.3 Å². The van der Waals surface area contributed by atoms with E-state index < -0.39 is 17.7 Å². The molecule has 96 valence electrons. The summed E-state index contributed by atoms with van der Waals surface area (Å²) in [6.07, 6.45) is 1.27. The van der Waals surface area contributed by atoms with Crippen molar-refractivity contribution in [3.63, 3.8) is 0 Å². The van der Waals surface area contributed by atoms with Gasteiger partial charge in [0.2, 0.25) is 0 Å². The van der Waals surface area contributed by atoms with Crippen LogP contribution in [0.25, 0.3) is 0 Å². The van der Waals surface area contributed by atoms with E-state index in [0.29, 0.717) is 12.0 Å². The van der Waals surface area contributed by atoms with Crippen molar-refractivity contribution in [2.45, 2.75) is 25.8 Å². The first kappa shape index (κ1) is 13.2. The third-order valence-electron chi connectivity index (χ3n) is 3.01. The third kappa shape index (κ3) is 2.76. The number of hydrogen-bond acceptors (Lipinski definition) is 2. The van der Waals surface area contributed by atoms with Crippen LogP contribution in [0.1, 0.15) is 29.2 Å². The zero-order valence-corrected chi connectivity index (χ0v) is 10.9. The summed E-state index contributed by atoms with van der Waals surface area (Å²) in [4.78, 5) is 0. The summed E-state index contributed by atoms with van der Waals surface area (Å²) in [6.45, 7) is 1.61. The summed E-state index contributed by atoms with van der Waals surface area (Å²) >= 11 is 1.61. The molecule has 18 heavy (non-hydrogen) atoms. The maximum atomic E-state index is 13.9. The van der Waals surface area contributed by atoms with Gasteiger partial charge >= 0.3 is 0 Å². The molecular formula is C14H15F2NS. The number of thiophene rings is 1. The highest BCUT2D eigenvalue weighted by molar-refractivity contribution is 7.07. The second-order valence-corrected chi connectivity index (χ2v) is 5.15. The minimum absolute atomic E-state index is 0.00484. The zero-order chi connectivity index (χ0) is 13.1. The molecule has 0 saturated heterocycles. The molecule has 2 N–H and O–H groups in total. The monoisotopic (exact) mass is 267 g/mol. The fourth-order valence-electron chi connectivity index (χ4n) is 1.92. The van der Waals surface area contributed by atoms with Crippen molar-refractivity contribution in [2.75, 3.05) is 0 Å². The van der Waals surface area contributed by atoms with Gasteiger partial charge in [0.25, 0.3) is 0 Å². The molecule has 1 aromatic heterocycles. The van der Waals surface area contributed by atoms with Crippen LogP contribution in [0.3, 0.4) is 0 Å². The standard InChI is InChI=1S/C14H15F2NS/c1-9-2-4-11(15)13(14(9)16)12(17)5-3-10-6-7-18-8-10/h2,4,6-8,12H,3,5,17H2,1H3. The van der Waals surface area contributed by atoms with E-state index in [-0.39, 0.29) is 5.56 Å². The SMILES string of the molecule is Cc1ccc(F)c(C(N)CCc2ccsc2)c1F. The van der Waals surface area contributed by atoms with Crippen LogP contribution in [0.2, 0.25) is 0 Å². The molecule has 0 radical (unpaired) electrons. The lowest BCUT2D eigenvalue weighted by Gasteiger charge is -2.14. The molecular weight excluding hydrogens is 252 g/mol. The summed E-state index contributed by atoms with van der Waals surface area (Å²) in [5, 5.41) is 4.00. The molecule has 2 rings (SSSR count). The molecule has 0 bridgehead atoms. The number of rotatable bonds is 4. The van der Waals surface area contributed by atoms with Crippen LogP contribution in [0.15, 0.2) is 29.0 Å². The van der Waals surface area contributed by atoms with Crippen LogP contribution in [-0.4, -0.2) is 0 Å². The predicted molar refractivity (Wildman–Crippen MR) is 70.7 cm³/mol. The van der Waals surface area contributed by atoms with Crippen LogP contribution >= 0.6 is 11.3 Å². The highest BCUT2D eigenvalue weighted by Gasteiger charge is 2.18. The maximum Gasteiger partial charge on any atom is 0.133 e. The number of benzene rings is 1. The fourth-order valence-corrected chi connectivity index (χ4v) is 2.62. The molecule has 0 aliphatic carbocycles. The molecule has 0 fully saturated rings. The van der Waals surface area contributed by atoms with Crippen molar-refractivity contribution in [3.8, 4) is 0 Å². The largest absolute Gasteiger partial charge is 0.324 e. The van der Waals surface area contributed by atoms with Gasteiger partial charge in [-0.05, 0) is 53.8 Å². The first-order valence-electron chi connectivity index (χ1n) is 5.80.